The van der Waals surface area contributed by atoms with Gasteiger partial charge in [0.1, 0.15) is 17.7 Å². The second-order valence-corrected chi connectivity index (χ2v) is 9.09. The maximum absolute atomic E-state index is 12.6. The third kappa shape index (κ3) is 8.14. The summed E-state index contributed by atoms with van der Waals surface area (Å²) in [5.74, 6) is -1.49. The van der Waals surface area contributed by atoms with Crippen molar-refractivity contribution in [2.75, 3.05) is 5.32 Å². The molecule has 0 aromatic heterocycles. The lowest BCUT2D eigenvalue weighted by molar-refractivity contribution is -0.150. The molecule has 0 aliphatic heterocycles. The van der Waals surface area contributed by atoms with Gasteiger partial charge in [-0.05, 0) is 51.5 Å². The average molecular weight is 496 g/mol. The summed E-state index contributed by atoms with van der Waals surface area (Å²) in [5.41, 5.74) is 6.33. The van der Waals surface area contributed by atoms with E-state index in [0.29, 0.717) is 27.0 Å². The molecule has 0 heterocycles. The second kappa shape index (κ2) is 11.2. The Morgan fingerprint density at radius 1 is 1.03 bits per heavy atom. The van der Waals surface area contributed by atoms with Crippen LogP contribution >= 0.6 is 23.2 Å². The number of esters is 1. The van der Waals surface area contributed by atoms with E-state index >= 15 is 0 Å². The van der Waals surface area contributed by atoms with E-state index in [0.717, 1.165) is 0 Å². The largest absolute Gasteiger partial charge is 0.460 e. The minimum Gasteiger partial charge on any atom is -0.460 e. The first kappa shape index (κ1) is 26.3. The van der Waals surface area contributed by atoms with Crippen molar-refractivity contribution in [1.82, 2.24) is 5.32 Å². The molecular formula is C23H27Cl2N3O5. The molecule has 0 aliphatic carbocycles. The Morgan fingerprint density at radius 3 is 2.21 bits per heavy atom. The van der Waals surface area contributed by atoms with Crippen LogP contribution in [-0.2, 0) is 25.5 Å². The van der Waals surface area contributed by atoms with E-state index in [1.165, 1.54) is 6.92 Å². The number of benzene rings is 2. The minimum absolute atomic E-state index is 0.118. The van der Waals surface area contributed by atoms with Crippen molar-refractivity contribution < 1.29 is 23.9 Å². The van der Waals surface area contributed by atoms with Crippen LogP contribution in [0.1, 0.15) is 33.3 Å². The summed E-state index contributed by atoms with van der Waals surface area (Å²) in [6.45, 7) is 6.49. The molecule has 0 radical (unpaired) electrons. The Kier molecular flexibility index (Phi) is 8.96. The fourth-order valence-electron chi connectivity index (χ4n) is 2.88. The van der Waals surface area contributed by atoms with E-state index in [-0.39, 0.29) is 6.42 Å². The molecule has 2 rings (SSSR count). The summed E-state index contributed by atoms with van der Waals surface area (Å²) >= 11 is 12.5. The lowest BCUT2D eigenvalue weighted by Crippen LogP contribution is -2.53. The Hall–Kier alpha value is -2.97. The molecule has 0 fully saturated rings. The molecule has 0 unspecified atom stereocenters. The van der Waals surface area contributed by atoms with E-state index in [1.54, 1.807) is 63.2 Å². The number of nitrogens with one attached hydrogen (secondary N) is 2. The third-order valence-corrected chi connectivity index (χ3v) is 4.97. The van der Waals surface area contributed by atoms with Gasteiger partial charge in [-0.2, -0.15) is 0 Å². The SMILES string of the molecule is C[C@@H](OC(=O)Cc1ccccc1Nc1c(Cl)cccc1Cl)[C@H](NC(=O)OC(C)(C)C)C(N)=O. The number of rotatable bonds is 8. The van der Waals surface area contributed by atoms with Crippen LogP contribution in [0.5, 0.6) is 0 Å². The molecule has 2 aromatic carbocycles. The molecule has 0 aliphatic rings. The van der Waals surface area contributed by atoms with Gasteiger partial charge in [-0.3, -0.25) is 9.59 Å². The van der Waals surface area contributed by atoms with Crippen LogP contribution in [-0.4, -0.2) is 35.7 Å². The normalized spacial score (nSPS) is 12.9. The molecule has 0 saturated heterocycles. The molecule has 0 spiro atoms. The van der Waals surface area contributed by atoms with Crippen molar-refractivity contribution in [3.05, 3.63) is 58.1 Å². The van der Waals surface area contributed by atoms with Gasteiger partial charge < -0.3 is 25.8 Å². The zero-order valence-corrected chi connectivity index (χ0v) is 20.3. The molecule has 0 bridgehead atoms. The Balaban J connectivity index is 2.09. The van der Waals surface area contributed by atoms with Crippen molar-refractivity contribution in [2.24, 2.45) is 5.73 Å². The maximum atomic E-state index is 12.6. The quantitative estimate of drug-likeness (QED) is 0.460. The Labute approximate surface area is 202 Å². The van der Waals surface area contributed by atoms with Gasteiger partial charge in [0.2, 0.25) is 5.91 Å². The first-order chi connectivity index (χ1) is 15.4. The highest BCUT2D eigenvalue weighted by Crippen LogP contribution is 2.33. The van der Waals surface area contributed by atoms with Gasteiger partial charge in [0.05, 0.1) is 22.2 Å². The van der Waals surface area contributed by atoms with Gasteiger partial charge in [0.15, 0.2) is 0 Å². The zero-order chi connectivity index (χ0) is 24.8. The summed E-state index contributed by atoms with van der Waals surface area (Å²) in [6.07, 6.45) is -1.99. The molecule has 4 N–H and O–H groups in total. The summed E-state index contributed by atoms with van der Waals surface area (Å²) in [6, 6.07) is 10.9. The molecular weight excluding hydrogens is 469 g/mol. The second-order valence-electron chi connectivity index (χ2n) is 8.28. The fraction of sp³-hybridized carbons (Fsp3) is 0.348. The lowest BCUT2D eigenvalue weighted by Gasteiger charge is -2.25. The van der Waals surface area contributed by atoms with Crippen LogP contribution in [0.2, 0.25) is 10.0 Å². The topological polar surface area (TPSA) is 120 Å². The summed E-state index contributed by atoms with van der Waals surface area (Å²) < 4.78 is 10.5. The number of primary amides is 1. The molecule has 0 saturated carbocycles. The third-order valence-electron chi connectivity index (χ3n) is 4.34. The van der Waals surface area contributed by atoms with E-state index in [4.69, 9.17) is 38.4 Å². The number of carbonyl (C=O) groups is 3. The zero-order valence-electron chi connectivity index (χ0n) is 18.8. The van der Waals surface area contributed by atoms with Crippen molar-refractivity contribution in [3.63, 3.8) is 0 Å². The smallest absolute Gasteiger partial charge is 0.408 e. The van der Waals surface area contributed by atoms with Crippen LogP contribution in [0.25, 0.3) is 0 Å². The number of anilines is 2. The van der Waals surface area contributed by atoms with Gasteiger partial charge in [0, 0.05) is 5.69 Å². The highest BCUT2D eigenvalue weighted by molar-refractivity contribution is 6.39. The monoisotopic (exact) mass is 495 g/mol. The van der Waals surface area contributed by atoms with Crippen molar-refractivity contribution >= 4 is 52.5 Å². The first-order valence-corrected chi connectivity index (χ1v) is 10.9. The predicted octanol–water partition coefficient (Wildman–Crippen LogP) is 4.59. The van der Waals surface area contributed by atoms with Crippen LogP contribution in [0.4, 0.5) is 16.2 Å². The van der Waals surface area contributed by atoms with E-state index < -0.39 is 35.7 Å². The number of halogens is 2. The molecule has 2 aromatic rings. The number of hydrogen-bond donors (Lipinski definition) is 3. The molecule has 2 amide bonds. The first-order valence-electron chi connectivity index (χ1n) is 10.1. The molecule has 2 atom stereocenters. The summed E-state index contributed by atoms with van der Waals surface area (Å²) in [4.78, 5) is 36.5. The van der Waals surface area contributed by atoms with Crippen LogP contribution in [0.15, 0.2) is 42.5 Å². The molecule has 33 heavy (non-hydrogen) atoms. The summed E-state index contributed by atoms with van der Waals surface area (Å²) in [7, 11) is 0. The number of amides is 2. The number of ether oxygens (including phenoxy) is 2. The van der Waals surface area contributed by atoms with Crippen molar-refractivity contribution in [2.45, 2.75) is 51.9 Å². The average Bonchev–Trinajstić information content (AvgIpc) is 2.68. The van der Waals surface area contributed by atoms with Gasteiger partial charge in [0.25, 0.3) is 0 Å². The number of alkyl carbamates (subject to hydrolysis) is 1. The minimum atomic E-state index is -1.26. The Bertz CT molecular complexity index is 1000. The molecule has 10 heteroatoms. The van der Waals surface area contributed by atoms with Crippen molar-refractivity contribution in [1.29, 1.82) is 0 Å². The van der Waals surface area contributed by atoms with E-state index in [1.807, 2.05) is 0 Å². The number of nitrogens with two attached hydrogens (primary N) is 1. The lowest BCUT2D eigenvalue weighted by atomic mass is 10.1. The maximum Gasteiger partial charge on any atom is 0.408 e. The van der Waals surface area contributed by atoms with Crippen LogP contribution < -0.4 is 16.4 Å². The van der Waals surface area contributed by atoms with E-state index in [2.05, 4.69) is 10.6 Å². The number of carbonyl (C=O) groups excluding carboxylic acids is 3. The van der Waals surface area contributed by atoms with Crippen LogP contribution in [0.3, 0.4) is 0 Å². The predicted molar refractivity (Wildman–Crippen MR) is 128 cm³/mol. The van der Waals surface area contributed by atoms with Crippen molar-refractivity contribution in [3.8, 4) is 0 Å². The highest BCUT2D eigenvalue weighted by atomic mass is 35.5. The standard InChI is InChI=1S/C23H27Cl2N3O5/c1-13(19(21(26)30)28-22(31)33-23(2,3)4)32-18(29)12-14-8-5-6-11-17(14)27-20-15(24)9-7-10-16(20)25/h5-11,13,19,27H,12H2,1-4H3,(H2,26,30)(H,28,31)/t13-,19+/m1/s1. The van der Waals surface area contributed by atoms with E-state index in [9.17, 15) is 14.4 Å². The molecule has 8 nitrogen and oxygen atoms in total. The summed E-state index contributed by atoms with van der Waals surface area (Å²) in [5, 5.41) is 6.33. The van der Waals surface area contributed by atoms with Gasteiger partial charge in [-0.15, -0.1) is 0 Å². The number of hydrogen-bond acceptors (Lipinski definition) is 6. The number of para-hydroxylation sites is 2. The highest BCUT2D eigenvalue weighted by Gasteiger charge is 2.30. The molecule has 178 valence electrons. The van der Waals surface area contributed by atoms with Gasteiger partial charge >= 0.3 is 12.1 Å². The van der Waals surface area contributed by atoms with Gasteiger partial charge in [-0.1, -0.05) is 47.5 Å². The van der Waals surface area contributed by atoms with Gasteiger partial charge in [-0.25, -0.2) is 4.79 Å². The van der Waals surface area contributed by atoms with Crippen LogP contribution in [0, 0.1) is 0 Å². The Morgan fingerprint density at radius 2 is 1.64 bits per heavy atom. The fourth-order valence-corrected chi connectivity index (χ4v) is 3.37.